The number of quaternary nitrogens is 1. The van der Waals surface area contributed by atoms with Gasteiger partial charge in [0.15, 0.2) is 5.78 Å². The summed E-state index contributed by atoms with van der Waals surface area (Å²) in [6, 6.07) is 0.286. The molecule has 0 heterocycles. The van der Waals surface area contributed by atoms with Gasteiger partial charge in [0.25, 0.3) is 0 Å². The zero-order chi connectivity index (χ0) is 28.7. The second-order valence-electron chi connectivity index (χ2n) is 15.3. The summed E-state index contributed by atoms with van der Waals surface area (Å²) in [6.45, 7) is 10.5. The molecule has 0 unspecified atom stereocenters. The van der Waals surface area contributed by atoms with Gasteiger partial charge in [-0.2, -0.15) is 0 Å². The maximum Gasteiger partial charge on any atom is 0.436 e. The predicted octanol–water partition coefficient (Wildman–Crippen LogP) is 5.80. The van der Waals surface area contributed by atoms with Gasteiger partial charge in [0.2, 0.25) is 0 Å². The van der Waals surface area contributed by atoms with Gasteiger partial charge in [-0.3, -0.25) is 9.63 Å². The van der Waals surface area contributed by atoms with Gasteiger partial charge in [-0.25, -0.2) is 4.79 Å². The van der Waals surface area contributed by atoms with Crippen LogP contribution in [0.15, 0.2) is 16.8 Å². The Kier molecular flexibility index (Phi) is 8.56. The van der Waals surface area contributed by atoms with Crippen LogP contribution in [0.2, 0.25) is 0 Å². The smallest absolute Gasteiger partial charge is 0.330 e. The maximum absolute atomic E-state index is 13.2. The fourth-order valence-electron chi connectivity index (χ4n) is 9.33. The summed E-state index contributed by atoms with van der Waals surface area (Å²) in [5, 5.41) is 8.03. The first-order valence-corrected chi connectivity index (χ1v) is 16.2. The summed E-state index contributed by atoms with van der Waals surface area (Å²) in [5.74, 6) is 2.82. The zero-order valence-electron chi connectivity index (χ0n) is 26.1. The average molecular weight is 556 g/mol. The second-order valence-corrected chi connectivity index (χ2v) is 15.3. The Hall–Kier alpha value is -1.73. The Morgan fingerprint density at radius 2 is 1.82 bits per heavy atom. The van der Waals surface area contributed by atoms with E-state index in [9.17, 15) is 9.59 Å². The molecule has 0 aromatic carbocycles. The monoisotopic (exact) mass is 555 g/mol. The lowest BCUT2D eigenvalue weighted by Gasteiger charge is -2.58. The fraction of sp³-hybridized carbons (Fsp3) is 0.848. The molecule has 4 saturated carbocycles. The molecule has 0 spiro atoms. The lowest BCUT2D eigenvalue weighted by atomic mass is 9.46. The van der Waals surface area contributed by atoms with Crippen LogP contribution in [0.1, 0.15) is 91.4 Å². The van der Waals surface area contributed by atoms with E-state index in [1.165, 1.54) is 37.7 Å². The van der Waals surface area contributed by atoms with Gasteiger partial charge in [0.1, 0.15) is 0 Å². The number of hydrogen-bond acceptors (Lipinski definition) is 5. The van der Waals surface area contributed by atoms with Crippen molar-refractivity contribution in [2.24, 2.45) is 39.7 Å². The third-order valence-electron chi connectivity index (χ3n) is 12.0. The van der Waals surface area contributed by atoms with Crippen LogP contribution < -0.4 is 5.32 Å². The summed E-state index contributed by atoms with van der Waals surface area (Å²) >= 11 is 0. The van der Waals surface area contributed by atoms with Gasteiger partial charge in [-0.1, -0.05) is 24.6 Å². The molecule has 1 amide bonds. The Labute approximate surface area is 242 Å². The number of hydrogen-bond donors (Lipinski definition) is 1. The minimum Gasteiger partial charge on any atom is -0.330 e. The van der Waals surface area contributed by atoms with Gasteiger partial charge in [-0.15, -0.1) is 0 Å². The van der Waals surface area contributed by atoms with Crippen molar-refractivity contribution in [2.75, 3.05) is 47.3 Å². The molecule has 0 aliphatic heterocycles. The molecule has 6 atom stereocenters. The molecule has 0 aromatic rings. The van der Waals surface area contributed by atoms with Crippen molar-refractivity contribution in [2.45, 2.75) is 97.4 Å². The molecular weight excluding hydrogens is 500 g/mol. The number of amides is 1. The van der Waals surface area contributed by atoms with E-state index >= 15 is 0 Å². The number of nitrogens with one attached hydrogen (secondary N) is 1. The van der Waals surface area contributed by atoms with Crippen LogP contribution in [0.4, 0.5) is 4.79 Å². The van der Waals surface area contributed by atoms with Crippen molar-refractivity contribution in [3.8, 4) is 0 Å². The highest BCUT2D eigenvalue weighted by molar-refractivity contribution is 5.91. The SMILES string of the molecule is C/C(=N\OC(=O)N(CCNCC[N+](C)(C)C)C1CCC1)[C@H]1CC[C@H]2[C@@H]3CCC4=CC(=O)CC[C@]4(C)[C@H]3CC[C@]12C. The molecule has 7 heteroatoms. The third-order valence-corrected chi connectivity index (χ3v) is 12.0. The Bertz CT molecular complexity index is 1030. The van der Waals surface area contributed by atoms with E-state index in [0.29, 0.717) is 30.1 Å². The molecule has 5 aliphatic rings. The van der Waals surface area contributed by atoms with Crippen LogP contribution in [-0.4, -0.2) is 80.3 Å². The maximum atomic E-state index is 13.2. The van der Waals surface area contributed by atoms with E-state index in [0.717, 1.165) is 74.3 Å². The number of ketones is 1. The Morgan fingerprint density at radius 1 is 1.05 bits per heavy atom. The standard InChI is InChI=1S/C33H55N4O3/c1-23(35-40-31(39)36(25-8-7-9-25)20-18-34-19-21-37(4,5)6)28-12-13-29-27-11-10-24-22-26(38)14-16-32(24,2)30(27)15-17-33(28,29)3/h22,25,27-30,34H,7-21H2,1-6H3/q+1/b35-23+/t27-,28+,29-,30-,32-,33+/m0/s1. The predicted molar refractivity (Wildman–Crippen MR) is 160 cm³/mol. The molecule has 0 radical (unpaired) electrons. The van der Waals surface area contributed by atoms with E-state index < -0.39 is 0 Å². The topological polar surface area (TPSA) is 71.0 Å². The molecule has 7 nitrogen and oxygen atoms in total. The first kappa shape index (κ1) is 29.8. The van der Waals surface area contributed by atoms with Gasteiger partial charge in [0.05, 0.1) is 33.4 Å². The first-order chi connectivity index (χ1) is 18.9. The number of oxime groups is 1. The Morgan fingerprint density at radius 3 is 2.52 bits per heavy atom. The number of likely N-dealkylation sites (N-methyl/N-ethyl adjacent to an activating group) is 1. The van der Waals surface area contributed by atoms with Crippen molar-refractivity contribution < 1.29 is 18.9 Å². The molecule has 5 rings (SSSR count). The van der Waals surface area contributed by atoms with Crippen LogP contribution in [0, 0.1) is 34.5 Å². The molecule has 224 valence electrons. The van der Waals surface area contributed by atoms with Gasteiger partial charge >= 0.3 is 6.09 Å². The molecule has 5 aliphatic carbocycles. The van der Waals surface area contributed by atoms with Gasteiger partial charge in [0, 0.05) is 38.0 Å². The lowest BCUT2D eigenvalue weighted by Crippen LogP contribution is -2.51. The number of fused-ring (bicyclic) bond motifs is 5. The van der Waals surface area contributed by atoms with Crippen molar-refractivity contribution >= 4 is 17.6 Å². The van der Waals surface area contributed by atoms with Crippen molar-refractivity contribution in [3.05, 3.63) is 11.6 Å². The molecule has 0 bridgehead atoms. The minimum absolute atomic E-state index is 0.209. The highest BCUT2D eigenvalue weighted by atomic mass is 16.7. The van der Waals surface area contributed by atoms with E-state index in [-0.39, 0.29) is 23.0 Å². The van der Waals surface area contributed by atoms with E-state index in [1.54, 1.807) is 0 Å². The number of carbonyl (C=O) groups is 2. The largest absolute Gasteiger partial charge is 0.436 e. The number of nitrogens with zero attached hydrogens (tertiary/aromatic N) is 3. The van der Waals surface area contributed by atoms with E-state index in [1.807, 2.05) is 11.0 Å². The molecular formula is C33H55N4O3+. The highest BCUT2D eigenvalue weighted by Gasteiger charge is 2.59. The summed E-state index contributed by atoms with van der Waals surface area (Å²) < 4.78 is 0.927. The van der Waals surface area contributed by atoms with Crippen LogP contribution in [-0.2, 0) is 9.63 Å². The molecule has 1 N–H and O–H groups in total. The minimum atomic E-state index is -0.285. The Balaban J connectivity index is 1.20. The first-order valence-electron chi connectivity index (χ1n) is 16.2. The molecule has 40 heavy (non-hydrogen) atoms. The highest BCUT2D eigenvalue weighted by Crippen LogP contribution is 2.66. The number of allylic oxidation sites excluding steroid dienone is 1. The summed E-state index contributed by atoms with van der Waals surface area (Å²) in [6.07, 6.45) is 13.9. The lowest BCUT2D eigenvalue weighted by molar-refractivity contribution is -0.869. The summed E-state index contributed by atoms with van der Waals surface area (Å²) in [5.41, 5.74) is 2.86. The van der Waals surface area contributed by atoms with Crippen molar-refractivity contribution in [3.63, 3.8) is 0 Å². The van der Waals surface area contributed by atoms with Crippen molar-refractivity contribution in [1.29, 1.82) is 0 Å². The van der Waals surface area contributed by atoms with Crippen LogP contribution >= 0.6 is 0 Å². The normalized spacial score (nSPS) is 36.2. The quantitative estimate of drug-likeness (QED) is 0.128. The van der Waals surface area contributed by atoms with Gasteiger partial charge in [-0.05, 0) is 106 Å². The van der Waals surface area contributed by atoms with E-state index in [2.05, 4.69) is 52.4 Å². The van der Waals surface area contributed by atoms with Crippen LogP contribution in [0.25, 0.3) is 0 Å². The van der Waals surface area contributed by atoms with E-state index in [4.69, 9.17) is 4.84 Å². The second kappa shape index (κ2) is 11.5. The van der Waals surface area contributed by atoms with Crippen molar-refractivity contribution in [1.82, 2.24) is 10.2 Å². The summed E-state index contributed by atoms with van der Waals surface area (Å²) in [7, 11) is 6.59. The van der Waals surface area contributed by atoms with Crippen LogP contribution in [0.5, 0.6) is 0 Å². The van der Waals surface area contributed by atoms with Crippen LogP contribution in [0.3, 0.4) is 0 Å². The molecule has 4 fully saturated rings. The average Bonchev–Trinajstić information content (AvgIpc) is 3.22. The number of rotatable bonds is 9. The molecule has 0 aromatic heterocycles. The third kappa shape index (κ3) is 5.79. The zero-order valence-corrected chi connectivity index (χ0v) is 26.1. The number of carbonyl (C=O) groups excluding carboxylic acids is 2. The summed E-state index contributed by atoms with van der Waals surface area (Å²) in [4.78, 5) is 32.9. The van der Waals surface area contributed by atoms with Gasteiger partial charge < -0.3 is 14.7 Å². The molecule has 0 saturated heterocycles. The fourth-order valence-corrected chi connectivity index (χ4v) is 9.33.